The number of rotatable bonds is 0. The highest BCUT2D eigenvalue weighted by Crippen LogP contribution is 2.10. The lowest BCUT2D eigenvalue weighted by Gasteiger charge is -2.07. The lowest BCUT2D eigenvalue weighted by Crippen LogP contribution is -2.26. The first kappa shape index (κ1) is 5.73. The van der Waals surface area contributed by atoms with E-state index in [9.17, 15) is 4.91 Å². The smallest absolute Gasteiger partial charge is 0.0407 e. The normalized spacial score (nSPS) is 30.6. The van der Waals surface area contributed by atoms with E-state index in [-0.39, 0.29) is 6.04 Å². The molecule has 0 aromatic carbocycles. The minimum absolute atomic E-state index is 0.281. The Morgan fingerprint density at radius 3 is 2.62 bits per heavy atom. The Morgan fingerprint density at radius 1 is 1.50 bits per heavy atom. The van der Waals surface area contributed by atoms with Crippen molar-refractivity contribution in [1.29, 1.82) is 0 Å². The molecule has 8 heavy (non-hydrogen) atoms. The van der Waals surface area contributed by atoms with E-state index in [0.717, 1.165) is 19.4 Å². The Balaban J connectivity index is 2.39. The van der Waals surface area contributed by atoms with E-state index in [2.05, 4.69) is 0 Å². The molecule has 1 unspecified atom stereocenters. The Kier molecular flexibility index (Phi) is 1.61. The summed E-state index contributed by atoms with van der Waals surface area (Å²) in [5, 5.41) is 0. The van der Waals surface area contributed by atoms with E-state index in [1.165, 1.54) is 11.2 Å². The summed E-state index contributed by atoms with van der Waals surface area (Å²) in [6.45, 7) is 2.74. The lowest BCUT2D eigenvalue weighted by atomic mass is 10.1. The molecule has 1 rings (SSSR count). The monoisotopic (exact) mass is 114 g/mol. The Bertz CT molecular complexity index is 101. The van der Waals surface area contributed by atoms with E-state index in [1.807, 2.05) is 6.92 Å². The third-order valence-electron chi connectivity index (χ3n) is 1.74. The van der Waals surface area contributed by atoms with Gasteiger partial charge in [0.25, 0.3) is 0 Å². The highest BCUT2D eigenvalue weighted by Gasteiger charge is 2.22. The van der Waals surface area contributed by atoms with Crippen molar-refractivity contribution in [2.24, 2.45) is 0 Å². The van der Waals surface area contributed by atoms with Gasteiger partial charge in [-0.05, 0) is 6.42 Å². The minimum atomic E-state index is 0.281. The number of piperidine rings is 1. The average molecular weight is 114 g/mol. The molecule has 0 aromatic heterocycles. The van der Waals surface area contributed by atoms with Crippen molar-refractivity contribution in [2.45, 2.75) is 32.2 Å². The molecular formula is C6H12NO+. The van der Waals surface area contributed by atoms with E-state index < -0.39 is 0 Å². The van der Waals surface area contributed by atoms with E-state index in [4.69, 9.17) is 0 Å². The van der Waals surface area contributed by atoms with Gasteiger partial charge in [-0.1, -0.05) is 0 Å². The standard InChI is InChI=1S/C6H12NO/c1-6-4-2-3-5-7(6)8/h6H,2-5H2,1H3/q+1. The van der Waals surface area contributed by atoms with Gasteiger partial charge in [-0.25, -0.2) is 0 Å². The number of hydrogen-bond acceptors (Lipinski definition) is 1. The number of nitroso groups, excluding NO2 is 1. The first-order valence-corrected chi connectivity index (χ1v) is 3.24. The molecule has 1 atom stereocenters. The second-order valence-electron chi connectivity index (χ2n) is 2.49. The molecule has 0 bridgehead atoms. The molecule has 0 aromatic rings. The van der Waals surface area contributed by atoms with Gasteiger partial charge in [-0.2, -0.15) is 0 Å². The molecule has 1 aliphatic heterocycles. The SMILES string of the molecule is CC1CCCC[N+]1=O. The maximum atomic E-state index is 10.7. The second-order valence-corrected chi connectivity index (χ2v) is 2.49. The van der Waals surface area contributed by atoms with E-state index >= 15 is 0 Å². The largest absolute Gasteiger partial charge is 0.198 e. The van der Waals surface area contributed by atoms with Crippen molar-refractivity contribution in [3.63, 3.8) is 0 Å². The zero-order valence-corrected chi connectivity index (χ0v) is 5.26. The van der Waals surface area contributed by atoms with Gasteiger partial charge in [0, 0.05) is 29.4 Å². The Hall–Kier alpha value is -0.400. The molecule has 1 saturated heterocycles. The third-order valence-corrected chi connectivity index (χ3v) is 1.74. The van der Waals surface area contributed by atoms with Crippen LogP contribution in [-0.4, -0.2) is 17.3 Å². The summed E-state index contributed by atoms with van der Waals surface area (Å²) in [6.07, 6.45) is 3.41. The molecule has 1 heterocycles. The predicted molar refractivity (Wildman–Crippen MR) is 31.8 cm³/mol. The van der Waals surface area contributed by atoms with Crippen LogP contribution in [0, 0.1) is 4.91 Å². The summed E-state index contributed by atoms with van der Waals surface area (Å²) in [7, 11) is 0. The maximum absolute atomic E-state index is 10.7. The van der Waals surface area contributed by atoms with Gasteiger partial charge < -0.3 is 0 Å². The van der Waals surface area contributed by atoms with Crippen LogP contribution in [0.25, 0.3) is 0 Å². The molecule has 1 aliphatic rings. The highest BCUT2D eigenvalue weighted by molar-refractivity contribution is 4.53. The van der Waals surface area contributed by atoms with Crippen LogP contribution in [0.4, 0.5) is 0 Å². The number of hydrogen-bond donors (Lipinski definition) is 0. The van der Waals surface area contributed by atoms with Crippen molar-refractivity contribution in [2.75, 3.05) is 6.54 Å². The topological polar surface area (TPSA) is 20.1 Å². The van der Waals surface area contributed by atoms with E-state index in [0.29, 0.717) is 0 Å². The zero-order chi connectivity index (χ0) is 5.98. The molecule has 0 radical (unpaired) electrons. The molecular weight excluding hydrogens is 102 g/mol. The Labute approximate surface area is 49.5 Å². The van der Waals surface area contributed by atoms with Crippen LogP contribution in [0.5, 0.6) is 0 Å². The van der Waals surface area contributed by atoms with Crippen LogP contribution in [0.3, 0.4) is 0 Å². The molecule has 0 amide bonds. The van der Waals surface area contributed by atoms with Gasteiger partial charge in [0.1, 0.15) is 0 Å². The molecule has 0 N–H and O–H groups in total. The molecule has 0 saturated carbocycles. The average Bonchev–Trinajstić information content (AvgIpc) is 1.77. The van der Waals surface area contributed by atoms with Crippen molar-refractivity contribution < 1.29 is 4.76 Å². The minimum Gasteiger partial charge on any atom is -0.0407 e. The maximum Gasteiger partial charge on any atom is 0.198 e. The Morgan fingerprint density at radius 2 is 2.25 bits per heavy atom. The van der Waals surface area contributed by atoms with Crippen LogP contribution < -0.4 is 0 Å². The van der Waals surface area contributed by atoms with Gasteiger partial charge in [-0.15, -0.1) is 0 Å². The van der Waals surface area contributed by atoms with Crippen LogP contribution in [-0.2, 0) is 0 Å². The first-order chi connectivity index (χ1) is 3.80. The van der Waals surface area contributed by atoms with Gasteiger partial charge in [-0.3, -0.25) is 0 Å². The highest BCUT2D eigenvalue weighted by atomic mass is 16.3. The van der Waals surface area contributed by atoms with Crippen molar-refractivity contribution in [1.82, 2.24) is 0 Å². The predicted octanol–water partition coefficient (Wildman–Crippen LogP) is 1.34. The fourth-order valence-electron chi connectivity index (χ4n) is 1.07. The molecule has 0 spiro atoms. The van der Waals surface area contributed by atoms with Crippen LogP contribution in [0.1, 0.15) is 26.2 Å². The summed E-state index contributed by atoms with van der Waals surface area (Å²) < 4.78 is 1.18. The van der Waals surface area contributed by atoms with Crippen molar-refractivity contribution in [3.05, 3.63) is 4.91 Å². The van der Waals surface area contributed by atoms with Crippen LogP contribution in [0.2, 0.25) is 0 Å². The van der Waals surface area contributed by atoms with Crippen molar-refractivity contribution in [3.8, 4) is 0 Å². The first-order valence-electron chi connectivity index (χ1n) is 3.24. The fourth-order valence-corrected chi connectivity index (χ4v) is 1.07. The molecule has 2 heteroatoms. The zero-order valence-electron chi connectivity index (χ0n) is 5.26. The van der Waals surface area contributed by atoms with Gasteiger partial charge in [0.2, 0.25) is 0 Å². The van der Waals surface area contributed by atoms with E-state index in [1.54, 1.807) is 0 Å². The summed E-state index contributed by atoms with van der Waals surface area (Å²) in [5.74, 6) is 0. The summed E-state index contributed by atoms with van der Waals surface area (Å²) in [5.41, 5.74) is 0. The third kappa shape index (κ3) is 1.05. The fraction of sp³-hybridized carbons (Fsp3) is 1.00. The quantitative estimate of drug-likeness (QED) is 0.435. The summed E-state index contributed by atoms with van der Waals surface area (Å²) in [6, 6.07) is 0.281. The summed E-state index contributed by atoms with van der Waals surface area (Å²) in [4.78, 5) is 10.7. The molecule has 2 nitrogen and oxygen atoms in total. The van der Waals surface area contributed by atoms with Gasteiger partial charge in [0.05, 0.1) is 0 Å². The molecule has 0 aliphatic carbocycles. The van der Waals surface area contributed by atoms with Gasteiger partial charge in [0.15, 0.2) is 12.6 Å². The summed E-state index contributed by atoms with van der Waals surface area (Å²) >= 11 is 0. The molecule has 1 fully saturated rings. The van der Waals surface area contributed by atoms with Crippen molar-refractivity contribution >= 4 is 0 Å². The lowest BCUT2D eigenvalue weighted by molar-refractivity contribution is -0.591. The second kappa shape index (κ2) is 2.25. The van der Waals surface area contributed by atoms with Crippen LogP contribution >= 0.6 is 0 Å². The van der Waals surface area contributed by atoms with Gasteiger partial charge >= 0.3 is 0 Å². The molecule has 46 valence electrons. The van der Waals surface area contributed by atoms with Crippen LogP contribution in [0.15, 0.2) is 0 Å². The number of nitrogens with zero attached hydrogens (tertiary/aromatic N) is 1.